The summed E-state index contributed by atoms with van der Waals surface area (Å²) in [6.07, 6.45) is 0.580. The first-order chi connectivity index (χ1) is 10.1. The topological polar surface area (TPSA) is 67.6 Å². The summed E-state index contributed by atoms with van der Waals surface area (Å²) in [6.45, 7) is 4.75. The highest BCUT2D eigenvalue weighted by Crippen LogP contribution is 2.21. The lowest BCUT2D eigenvalue weighted by atomic mass is 10.1. The normalized spacial score (nSPS) is 16.6. The second-order valence-electron chi connectivity index (χ2n) is 5.12. The summed E-state index contributed by atoms with van der Waals surface area (Å²) >= 11 is 0. The summed E-state index contributed by atoms with van der Waals surface area (Å²) in [4.78, 5) is 13.6. The molecular formula is C15H22FN3O2. The highest BCUT2D eigenvalue weighted by atomic mass is 19.1. The van der Waals surface area contributed by atoms with E-state index < -0.39 is 6.04 Å². The Hall–Kier alpha value is -1.66. The molecular weight excluding hydrogens is 273 g/mol. The van der Waals surface area contributed by atoms with Gasteiger partial charge in [-0.15, -0.1) is 0 Å². The van der Waals surface area contributed by atoms with Gasteiger partial charge >= 0.3 is 0 Å². The lowest BCUT2D eigenvalue weighted by Crippen LogP contribution is -2.39. The summed E-state index contributed by atoms with van der Waals surface area (Å²) in [7, 11) is 0. The molecule has 0 radical (unpaired) electrons. The molecule has 0 saturated carbocycles. The van der Waals surface area contributed by atoms with Gasteiger partial charge in [0.2, 0.25) is 5.91 Å². The van der Waals surface area contributed by atoms with E-state index in [9.17, 15) is 9.18 Å². The second-order valence-corrected chi connectivity index (χ2v) is 5.12. The van der Waals surface area contributed by atoms with Gasteiger partial charge in [-0.2, -0.15) is 0 Å². The number of anilines is 1. The van der Waals surface area contributed by atoms with Gasteiger partial charge in [-0.1, -0.05) is 13.0 Å². The average molecular weight is 295 g/mol. The number of carbonyl (C=O) groups is 1. The van der Waals surface area contributed by atoms with Crippen LogP contribution in [0.1, 0.15) is 18.9 Å². The van der Waals surface area contributed by atoms with Gasteiger partial charge in [0.1, 0.15) is 5.82 Å². The maximum atomic E-state index is 14.2. The van der Waals surface area contributed by atoms with Crippen LogP contribution in [0.4, 0.5) is 10.1 Å². The van der Waals surface area contributed by atoms with Crippen LogP contribution in [0.25, 0.3) is 0 Å². The lowest BCUT2D eigenvalue weighted by molar-refractivity contribution is -0.122. The fraction of sp³-hybridized carbons (Fsp3) is 0.533. The zero-order valence-corrected chi connectivity index (χ0v) is 12.3. The van der Waals surface area contributed by atoms with Crippen molar-refractivity contribution in [1.82, 2.24) is 5.32 Å². The highest BCUT2D eigenvalue weighted by Gasteiger charge is 2.16. The molecule has 21 heavy (non-hydrogen) atoms. The minimum Gasteiger partial charge on any atom is -0.378 e. The van der Waals surface area contributed by atoms with Gasteiger partial charge in [-0.25, -0.2) is 4.39 Å². The molecule has 5 nitrogen and oxygen atoms in total. The van der Waals surface area contributed by atoms with Crippen molar-refractivity contribution in [2.45, 2.75) is 25.9 Å². The number of hydrogen-bond acceptors (Lipinski definition) is 4. The van der Waals surface area contributed by atoms with Crippen LogP contribution < -0.4 is 16.0 Å². The van der Waals surface area contributed by atoms with Gasteiger partial charge in [0, 0.05) is 19.6 Å². The number of morpholine rings is 1. The summed E-state index contributed by atoms with van der Waals surface area (Å²) < 4.78 is 19.4. The molecule has 0 aromatic heterocycles. The minimum absolute atomic E-state index is 0.213. The number of ether oxygens (including phenoxy) is 1. The molecule has 3 N–H and O–H groups in total. The van der Waals surface area contributed by atoms with E-state index in [-0.39, 0.29) is 18.3 Å². The van der Waals surface area contributed by atoms with E-state index in [0.717, 1.165) is 5.56 Å². The van der Waals surface area contributed by atoms with Crippen LogP contribution in [0, 0.1) is 5.82 Å². The van der Waals surface area contributed by atoms with E-state index in [2.05, 4.69) is 5.32 Å². The standard InChI is InChI=1S/C15H22FN3O2/c1-2-13(17)15(20)18-10-11-3-4-14(12(16)9-11)19-5-7-21-8-6-19/h3-4,9,13H,2,5-8,10,17H2,1H3,(H,18,20)/t13-/m0/s1. The zero-order chi connectivity index (χ0) is 15.2. The number of rotatable bonds is 5. The number of amides is 1. The SMILES string of the molecule is CC[C@H](N)C(=O)NCc1ccc(N2CCOCC2)c(F)c1. The number of nitrogens with one attached hydrogen (secondary N) is 1. The number of nitrogens with zero attached hydrogens (tertiary/aromatic N) is 1. The summed E-state index contributed by atoms with van der Waals surface area (Å²) in [5, 5.41) is 2.71. The van der Waals surface area contributed by atoms with Gasteiger partial charge in [-0.3, -0.25) is 4.79 Å². The van der Waals surface area contributed by atoms with Crippen LogP contribution in [-0.4, -0.2) is 38.3 Å². The second kappa shape index (κ2) is 7.38. The van der Waals surface area contributed by atoms with E-state index in [1.165, 1.54) is 6.07 Å². The third-order valence-electron chi connectivity index (χ3n) is 3.61. The van der Waals surface area contributed by atoms with E-state index in [0.29, 0.717) is 38.4 Å². The average Bonchev–Trinajstić information content (AvgIpc) is 2.52. The van der Waals surface area contributed by atoms with Crippen LogP contribution in [0.3, 0.4) is 0 Å². The molecule has 6 heteroatoms. The van der Waals surface area contributed by atoms with Crippen molar-refractivity contribution >= 4 is 11.6 Å². The lowest BCUT2D eigenvalue weighted by Gasteiger charge is -2.29. The van der Waals surface area contributed by atoms with Crippen molar-refractivity contribution < 1.29 is 13.9 Å². The Morgan fingerprint density at radius 1 is 1.48 bits per heavy atom. The van der Waals surface area contributed by atoms with Gasteiger partial charge < -0.3 is 20.7 Å². The van der Waals surface area contributed by atoms with Gasteiger partial charge in [-0.05, 0) is 24.1 Å². The third-order valence-corrected chi connectivity index (χ3v) is 3.61. The number of carbonyl (C=O) groups excluding carboxylic acids is 1. The predicted molar refractivity (Wildman–Crippen MR) is 79.5 cm³/mol. The van der Waals surface area contributed by atoms with Gasteiger partial charge in [0.25, 0.3) is 0 Å². The number of nitrogens with two attached hydrogens (primary N) is 1. The van der Waals surface area contributed by atoms with Crippen LogP contribution in [0.2, 0.25) is 0 Å². The fourth-order valence-electron chi connectivity index (χ4n) is 2.23. The van der Waals surface area contributed by atoms with Crippen molar-refractivity contribution in [3.63, 3.8) is 0 Å². The van der Waals surface area contributed by atoms with E-state index in [4.69, 9.17) is 10.5 Å². The number of benzene rings is 1. The Kier molecular flexibility index (Phi) is 5.52. The van der Waals surface area contributed by atoms with Gasteiger partial charge in [0.05, 0.1) is 24.9 Å². The summed E-state index contributed by atoms with van der Waals surface area (Å²) in [5.41, 5.74) is 6.93. The Morgan fingerprint density at radius 2 is 2.19 bits per heavy atom. The number of hydrogen-bond donors (Lipinski definition) is 2. The first kappa shape index (κ1) is 15.7. The molecule has 1 amide bonds. The fourth-order valence-corrected chi connectivity index (χ4v) is 2.23. The largest absolute Gasteiger partial charge is 0.378 e. The molecule has 0 unspecified atom stereocenters. The van der Waals surface area contributed by atoms with Gasteiger partial charge in [0.15, 0.2) is 0 Å². The molecule has 0 bridgehead atoms. The molecule has 1 fully saturated rings. The minimum atomic E-state index is -0.512. The van der Waals surface area contributed by atoms with Crippen molar-refractivity contribution in [2.24, 2.45) is 5.73 Å². The molecule has 1 saturated heterocycles. The number of halogens is 1. The van der Waals surface area contributed by atoms with Crippen LogP contribution >= 0.6 is 0 Å². The molecule has 116 valence electrons. The molecule has 1 atom stereocenters. The molecule has 2 rings (SSSR count). The molecule has 0 aliphatic carbocycles. The zero-order valence-electron chi connectivity index (χ0n) is 12.3. The molecule has 1 aliphatic rings. The molecule has 0 spiro atoms. The molecule has 1 aromatic carbocycles. The smallest absolute Gasteiger partial charge is 0.237 e. The maximum Gasteiger partial charge on any atom is 0.237 e. The molecule has 1 aromatic rings. The molecule has 1 heterocycles. The Balaban J connectivity index is 1.97. The van der Waals surface area contributed by atoms with Crippen molar-refractivity contribution in [3.8, 4) is 0 Å². The van der Waals surface area contributed by atoms with E-state index in [1.807, 2.05) is 17.9 Å². The third kappa shape index (κ3) is 4.15. The quantitative estimate of drug-likeness (QED) is 0.851. The van der Waals surface area contributed by atoms with E-state index >= 15 is 0 Å². The van der Waals surface area contributed by atoms with Crippen LogP contribution in [-0.2, 0) is 16.1 Å². The summed E-state index contributed by atoms with van der Waals surface area (Å²) in [5.74, 6) is -0.487. The van der Waals surface area contributed by atoms with Crippen molar-refractivity contribution in [2.75, 3.05) is 31.2 Å². The first-order valence-electron chi connectivity index (χ1n) is 7.26. The first-order valence-corrected chi connectivity index (χ1v) is 7.26. The van der Waals surface area contributed by atoms with Crippen LogP contribution in [0.15, 0.2) is 18.2 Å². The van der Waals surface area contributed by atoms with Crippen LogP contribution in [0.5, 0.6) is 0 Å². The predicted octanol–water partition coefficient (Wildman–Crippen LogP) is 1.02. The van der Waals surface area contributed by atoms with Crippen molar-refractivity contribution in [1.29, 1.82) is 0 Å². The van der Waals surface area contributed by atoms with E-state index in [1.54, 1.807) is 6.07 Å². The maximum absolute atomic E-state index is 14.2. The monoisotopic (exact) mass is 295 g/mol. The Bertz CT molecular complexity index is 490. The highest BCUT2D eigenvalue weighted by molar-refractivity contribution is 5.81. The Labute approximate surface area is 124 Å². The van der Waals surface area contributed by atoms with Crippen molar-refractivity contribution in [3.05, 3.63) is 29.6 Å². The molecule has 1 aliphatic heterocycles. The summed E-state index contributed by atoms with van der Waals surface area (Å²) in [6, 6.07) is 4.53. The Morgan fingerprint density at radius 3 is 2.81 bits per heavy atom.